The van der Waals surface area contributed by atoms with Gasteiger partial charge in [-0.15, -0.1) is 0 Å². The van der Waals surface area contributed by atoms with E-state index in [2.05, 4.69) is 15.5 Å². The molecule has 1 aliphatic rings. The number of rotatable bonds is 7. The average Bonchev–Trinajstić information content (AvgIpc) is 2.70. The van der Waals surface area contributed by atoms with E-state index >= 15 is 0 Å². The van der Waals surface area contributed by atoms with E-state index in [0.29, 0.717) is 25.4 Å². The number of anilines is 1. The number of halogens is 1. The summed E-state index contributed by atoms with van der Waals surface area (Å²) in [6.45, 7) is 4.75. The van der Waals surface area contributed by atoms with E-state index in [1.165, 1.54) is 19.1 Å². The fourth-order valence-electron chi connectivity index (χ4n) is 3.28. The second kappa shape index (κ2) is 10.1. The second-order valence-electron chi connectivity index (χ2n) is 7.21. The number of morpholine rings is 1. The Kier molecular flexibility index (Phi) is 7.32. The van der Waals surface area contributed by atoms with Crippen LogP contribution in [0.15, 0.2) is 48.5 Å². The molecule has 0 bridgehead atoms. The molecule has 29 heavy (non-hydrogen) atoms. The van der Waals surface area contributed by atoms with Crippen molar-refractivity contribution in [3.63, 3.8) is 0 Å². The van der Waals surface area contributed by atoms with Crippen molar-refractivity contribution in [3.05, 3.63) is 65.5 Å². The first-order valence-electron chi connectivity index (χ1n) is 9.69. The summed E-state index contributed by atoms with van der Waals surface area (Å²) in [5.41, 5.74) is 2.64. The molecule has 1 atom stereocenters. The Morgan fingerprint density at radius 1 is 1.10 bits per heavy atom. The Morgan fingerprint density at radius 3 is 2.48 bits per heavy atom. The van der Waals surface area contributed by atoms with E-state index in [-0.39, 0.29) is 30.2 Å². The second-order valence-corrected chi connectivity index (χ2v) is 7.21. The molecule has 1 saturated heterocycles. The van der Waals surface area contributed by atoms with Crippen LogP contribution < -0.4 is 10.6 Å². The molecule has 2 aromatic rings. The van der Waals surface area contributed by atoms with Crippen molar-refractivity contribution < 1.29 is 18.7 Å². The molecule has 1 fully saturated rings. The van der Waals surface area contributed by atoms with Gasteiger partial charge in [-0.05, 0) is 35.4 Å². The number of nitrogens with one attached hydrogen (secondary N) is 2. The molecule has 154 valence electrons. The van der Waals surface area contributed by atoms with Crippen molar-refractivity contribution in [2.75, 3.05) is 31.6 Å². The van der Waals surface area contributed by atoms with Gasteiger partial charge in [0.25, 0.3) is 0 Å². The van der Waals surface area contributed by atoms with Crippen molar-refractivity contribution in [2.45, 2.75) is 26.0 Å². The Morgan fingerprint density at radius 2 is 1.79 bits per heavy atom. The summed E-state index contributed by atoms with van der Waals surface area (Å²) >= 11 is 0. The van der Waals surface area contributed by atoms with Crippen molar-refractivity contribution in [1.29, 1.82) is 0 Å². The van der Waals surface area contributed by atoms with Gasteiger partial charge in [0.2, 0.25) is 11.8 Å². The molecule has 6 nitrogen and oxygen atoms in total. The number of hydrogen-bond acceptors (Lipinski definition) is 4. The maximum Gasteiger partial charge on any atom is 0.224 e. The number of carbonyl (C=O) groups excluding carboxylic acids is 2. The molecule has 2 aromatic carbocycles. The third-order valence-corrected chi connectivity index (χ3v) is 4.71. The first kappa shape index (κ1) is 21.0. The van der Waals surface area contributed by atoms with E-state index in [1.807, 2.05) is 12.1 Å². The molecule has 0 radical (unpaired) electrons. The van der Waals surface area contributed by atoms with Gasteiger partial charge in [0.05, 0.1) is 19.1 Å². The van der Waals surface area contributed by atoms with Crippen molar-refractivity contribution >= 4 is 17.5 Å². The van der Waals surface area contributed by atoms with E-state index in [1.54, 1.807) is 24.3 Å². The highest BCUT2D eigenvalue weighted by Crippen LogP contribution is 2.12. The standard InChI is InChI=1S/C22H26FN3O3/c1-16(27)25-20-8-4-17(5-9-20)12-22(28)24-13-21-15-26(10-11-29-21)14-18-2-6-19(23)7-3-18/h2-9,21H,10-15H2,1H3,(H,24,28)(H,25,27). The van der Waals surface area contributed by atoms with Crippen LogP contribution >= 0.6 is 0 Å². The highest BCUT2D eigenvalue weighted by Gasteiger charge is 2.21. The van der Waals surface area contributed by atoms with Crippen LogP contribution in [0.2, 0.25) is 0 Å². The van der Waals surface area contributed by atoms with Crippen molar-refractivity contribution in [3.8, 4) is 0 Å². The third-order valence-electron chi connectivity index (χ3n) is 4.71. The molecule has 0 aromatic heterocycles. The highest BCUT2D eigenvalue weighted by molar-refractivity contribution is 5.88. The monoisotopic (exact) mass is 399 g/mol. The molecule has 0 saturated carbocycles. The topological polar surface area (TPSA) is 70.7 Å². The van der Waals surface area contributed by atoms with E-state index in [9.17, 15) is 14.0 Å². The Labute approximate surface area is 170 Å². The number of amides is 2. The molecule has 1 heterocycles. The highest BCUT2D eigenvalue weighted by atomic mass is 19.1. The number of hydrogen-bond donors (Lipinski definition) is 2. The SMILES string of the molecule is CC(=O)Nc1ccc(CC(=O)NCC2CN(Cc3ccc(F)cc3)CCO2)cc1. The van der Waals surface area contributed by atoms with Crippen LogP contribution in [0.3, 0.4) is 0 Å². The van der Waals surface area contributed by atoms with Crippen LogP contribution in [0.25, 0.3) is 0 Å². The first-order valence-corrected chi connectivity index (χ1v) is 9.69. The van der Waals surface area contributed by atoms with Crippen LogP contribution in [-0.2, 0) is 27.3 Å². The quantitative estimate of drug-likeness (QED) is 0.750. The summed E-state index contributed by atoms with van der Waals surface area (Å²) in [6.07, 6.45) is 0.196. The lowest BCUT2D eigenvalue weighted by molar-refractivity contribution is -0.121. The molecule has 7 heteroatoms. The Balaban J connectivity index is 1.42. The summed E-state index contributed by atoms with van der Waals surface area (Å²) in [5, 5.41) is 5.63. The van der Waals surface area contributed by atoms with Gasteiger partial charge in [-0.2, -0.15) is 0 Å². The van der Waals surface area contributed by atoms with Gasteiger partial charge in [0, 0.05) is 38.8 Å². The maximum atomic E-state index is 13.0. The fourth-order valence-corrected chi connectivity index (χ4v) is 3.28. The molecular formula is C22H26FN3O3. The molecule has 0 aliphatic carbocycles. The van der Waals surface area contributed by atoms with Gasteiger partial charge in [-0.25, -0.2) is 4.39 Å². The van der Waals surface area contributed by atoms with Crippen molar-refractivity contribution in [1.82, 2.24) is 10.2 Å². The zero-order valence-corrected chi connectivity index (χ0v) is 16.5. The average molecular weight is 399 g/mol. The van der Waals surface area contributed by atoms with Crippen molar-refractivity contribution in [2.24, 2.45) is 0 Å². The summed E-state index contributed by atoms with van der Waals surface area (Å²) in [6, 6.07) is 13.7. The fraction of sp³-hybridized carbons (Fsp3) is 0.364. The molecule has 2 amide bonds. The predicted octanol–water partition coefficient (Wildman–Crippen LogP) is 2.34. The largest absolute Gasteiger partial charge is 0.374 e. The van der Waals surface area contributed by atoms with Crippen LogP contribution in [0.4, 0.5) is 10.1 Å². The van der Waals surface area contributed by atoms with Gasteiger partial charge in [-0.3, -0.25) is 14.5 Å². The molecule has 3 rings (SSSR count). The molecule has 1 unspecified atom stereocenters. The Hall–Kier alpha value is -2.77. The number of benzene rings is 2. The van der Waals surface area contributed by atoms with E-state index in [0.717, 1.165) is 24.2 Å². The summed E-state index contributed by atoms with van der Waals surface area (Å²) in [5.74, 6) is -0.436. The molecule has 2 N–H and O–H groups in total. The molecule has 0 spiro atoms. The summed E-state index contributed by atoms with van der Waals surface area (Å²) in [4.78, 5) is 25.5. The minimum atomic E-state index is -0.235. The van der Waals surface area contributed by atoms with Crippen LogP contribution in [0.1, 0.15) is 18.1 Å². The van der Waals surface area contributed by atoms with Gasteiger partial charge < -0.3 is 15.4 Å². The van der Waals surface area contributed by atoms with Gasteiger partial charge in [-0.1, -0.05) is 24.3 Å². The normalized spacial score (nSPS) is 17.0. The zero-order chi connectivity index (χ0) is 20.6. The molecular weight excluding hydrogens is 373 g/mol. The first-order chi connectivity index (χ1) is 14.0. The van der Waals surface area contributed by atoms with E-state index in [4.69, 9.17) is 4.74 Å². The minimum Gasteiger partial charge on any atom is -0.374 e. The predicted molar refractivity (Wildman–Crippen MR) is 109 cm³/mol. The zero-order valence-electron chi connectivity index (χ0n) is 16.5. The van der Waals surface area contributed by atoms with Crippen LogP contribution in [0, 0.1) is 5.82 Å². The van der Waals surface area contributed by atoms with Crippen LogP contribution in [0.5, 0.6) is 0 Å². The smallest absolute Gasteiger partial charge is 0.224 e. The number of nitrogens with zero attached hydrogens (tertiary/aromatic N) is 1. The minimum absolute atomic E-state index is 0.0727. The summed E-state index contributed by atoms with van der Waals surface area (Å²) < 4.78 is 18.8. The van der Waals surface area contributed by atoms with Gasteiger partial charge in [0.1, 0.15) is 5.82 Å². The lowest BCUT2D eigenvalue weighted by Crippen LogP contribution is -2.47. The summed E-state index contributed by atoms with van der Waals surface area (Å²) in [7, 11) is 0. The third kappa shape index (κ3) is 6.96. The lowest BCUT2D eigenvalue weighted by Gasteiger charge is -2.33. The van der Waals surface area contributed by atoms with Gasteiger partial charge in [0.15, 0.2) is 0 Å². The number of ether oxygens (including phenoxy) is 1. The molecule has 1 aliphatic heterocycles. The number of carbonyl (C=O) groups is 2. The maximum absolute atomic E-state index is 13.0. The van der Waals surface area contributed by atoms with E-state index < -0.39 is 0 Å². The Bertz CT molecular complexity index is 824. The van der Waals surface area contributed by atoms with Crippen LogP contribution in [-0.4, -0.2) is 49.1 Å². The van der Waals surface area contributed by atoms with Gasteiger partial charge >= 0.3 is 0 Å². The lowest BCUT2D eigenvalue weighted by atomic mass is 10.1.